The van der Waals surface area contributed by atoms with E-state index in [0.717, 1.165) is 54.9 Å². The molecule has 0 bridgehead atoms. The summed E-state index contributed by atoms with van der Waals surface area (Å²) in [5.74, 6) is -2.84. The highest BCUT2D eigenvalue weighted by atomic mass is 35.5. The summed E-state index contributed by atoms with van der Waals surface area (Å²) in [7, 11) is 0. The maximum Gasteiger partial charge on any atom is 0.335 e. The molecule has 0 unspecified atom stereocenters. The quantitative estimate of drug-likeness (QED) is 0.394. The summed E-state index contributed by atoms with van der Waals surface area (Å²) in [6, 6.07) is 13.9. The molecule has 5 rings (SSSR count). The van der Waals surface area contributed by atoms with Gasteiger partial charge < -0.3 is 9.94 Å². The molecule has 0 radical (unpaired) electrons. The van der Waals surface area contributed by atoms with Gasteiger partial charge in [-0.05, 0) is 53.1 Å². The third kappa shape index (κ3) is 4.96. The molecule has 1 N–H and O–H groups in total. The summed E-state index contributed by atoms with van der Waals surface area (Å²) >= 11 is 13.0. The zero-order valence-electron chi connectivity index (χ0n) is 19.1. The second-order valence-electron chi connectivity index (χ2n) is 9.21. The minimum absolute atomic E-state index is 0.236. The summed E-state index contributed by atoms with van der Waals surface area (Å²) in [5.41, 5.74) is 3.38. The topological polar surface area (TPSA) is 62.1 Å². The van der Waals surface area contributed by atoms with Crippen LogP contribution in [-0.2, 0) is 11.4 Å². The van der Waals surface area contributed by atoms with Crippen molar-refractivity contribution in [2.24, 2.45) is 5.16 Å². The van der Waals surface area contributed by atoms with Crippen LogP contribution < -0.4 is 0 Å². The number of likely N-dealkylation sites (tertiary alicyclic amines) is 1. The van der Waals surface area contributed by atoms with Crippen LogP contribution in [0.2, 0.25) is 10.0 Å². The van der Waals surface area contributed by atoms with E-state index in [1.807, 2.05) is 12.1 Å². The van der Waals surface area contributed by atoms with Gasteiger partial charge >= 0.3 is 5.97 Å². The van der Waals surface area contributed by atoms with Gasteiger partial charge in [0.2, 0.25) is 0 Å². The minimum atomic E-state index is -0.962. The van der Waals surface area contributed by atoms with Crippen molar-refractivity contribution in [3.05, 3.63) is 93.0 Å². The Kier molecular flexibility index (Phi) is 6.72. The van der Waals surface area contributed by atoms with Gasteiger partial charge in [0.15, 0.2) is 11.6 Å². The molecule has 0 atom stereocenters. The molecule has 1 fully saturated rings. The Morgan fingerprint density at radius 2 is 1.61 bits per heavy atom. The number of aromatic carboxylic acids is 1. The van der Waals surface area contributed by atoms with Gasteiger partial charge in [0.05, 0.1) is 21.3 Å². The van der Waals surface area contributed by atoms with Crippen LogP contribution in [0, 0.1) is 11.6 Å². The zero-order valence-corrected chi connectivity index (χ0v) is 20.6. The second kappa shape index (κ2) is 9.81. The van der Waals surface area contributed by atoms with Crippen molar-refractivity contribution in [2.75, 3.05) is 13.1 Å². The molecule has 5 nitrogen and oxygen atoms in total. The molecule has 9 heteroatoms. The van der Waals surface area contributed by atoms with E-state index in [2.05, 4.69) is 10.1 Å². The van der Waals surface area contributed by atoms with Gasteiger partial charge in [-0.15, -0.1) is 0 Å². The maximum atomic E-state index is 13.7. The van der Waals surface area contributed by atoms with Crippen LogP contribution in [0.5, 0.6) is 0 Å². The summed E-state index contributed by atoms with van der Waals surface area (Å²) in [6.07, 6.45) is 2.26. The molecular formula is C27H22Cl2F2N2O3. The Bertz CT molecular complexity index is 1330. The lowest BCUT2D eigenvalue weighted by molar-refractivity contribution is -0.0627. The number of benzene rings is 3. The van der Waals surface area contributed by atoms with Gasteiger partial charge in [0.1, 0.15) is 5.60 Å². The number of carbonyl (C=O) groups is 1. The third-order valence-corrected chi connectivity index (χ3v) is 7.38. The van der Waals surface area contributed by atoms with Crippen LogP contribution in [0.1, 0.15) is 40.7 Å². The number of nitrogens with zero attached hydrogens (tertiary/aromatic N) is 2. The first-order valence-electron chi connectivity index (χ1n) is 11.5. The van der Waals surface area contributed by atoms with Gasteiger partial charge in [-0.2, -0.15) is 0 Å². The van der Waals surface area contributed by atoms with Crippen LogP contribution in [0.4, 0.5) is 8.78 Å². The van der Waals surface area contributed by atoms with E-state index in [4.69, 9.17) is 33.1 Å². The fourth-order valence-electron chi connectivity index (χ4n) is 4.77. The lowest BCUT2D eigenvalue weighted by Crippen LogP contribution is -2.44. The number of carboxylic acids is 1. The first-order valence-corrected chi connectivity index (χ1v) is 12.2. The fourth-order valence-corrected chi connectivity index (χ4v) is 5.52. The monoisotopic (exact) mass is 530 g/mol. The van der Waals surface area contributed by atoms with Crippen LogP contribution in [0.3, 0.4) is 0 Å². The van der Waals surface area contributed by atoms with Crippen LogP contribution in [0.15, 0.2) is 59.8 Å². The second-order valence-corrected chi connectivity index (χ2v) is 10.0. The van der Waals surface area contributed by atoms with E-state index in [-0.39, 0.29) is 11.2 Å². The highest BCUT2D eigenvalue weighted by molar-refractivity contribution is 6.39. The number of carboxylic acid groups (broad SMARTS) is 1. The van der Waals surface area contributed by atoms with Crippen LogP contribution >= 0.6 is 23.2 Å². The molecule has 36 heavy (non-hydrogen) atoms. The van der Waals surface area contributed by atoms with Crippen molar-refractivity contribution in [2.45, 2.75) is 31.4 Å². The van der Waals surface area contributed by atoms with E-state index >= 15 is 0 Å². The summed E-state index contributed by atoms with van der Waals surface area (Å²) in [5, 5.41) is 14.1. The molecule has 2 heterocycles. The lowest BCUT2D eigenvalue weighted by atomic mass is 9.85. The van der Waals surface area contributed by atoms with Crippen LogP contribution in [-0.4, -0.2) is 40.4 Å². The normalized spacial score (nSPS) is 17.2. The van der Waals surface area contributed by atoms with Crippen LogP contribution in [0.25, 0.3) is 11.1 Å². The van der Waals surface area contributed by atoms with Gasteiger partial charge in [-0.3, -0.25) is 4.90 Å². The maximum absolute atomic E-state index is 13.7. The molecule has 1 spiro atoms. The summed E-state index contributed by atoms with van der Waals surface area (Å²) < 4.78 is 27.0. The van der Waals surface area contributed by atoms with Gasteiger partial charge in [0, 0.05) is 44.5 Å². The number of piperidine rings is 1. The van der Waals surface area contributed by atoms with E-state index < -0.39 is 17.6 Å². The number of rotatable bonds is 5. The minimum Gasteiger partial charge on any atom is -0.478 e. The summed E-state index contributed by atoms with van der Waals surface area (Å²) in [4.78, 5) is 19.3. The van der Waals surface area contributed by atoms with Crippen molar-refractivity contribution in [1.29, 1.82) is 0 Å². The molecule has 2 aliphatic rings. The number of hydrogen-bond donors (Lipinski definition) is 1. The third-order valence-electron chi connectivity index (χ3n) is 6.79. The molecule has 1 saturated heterocycles. The van der Waals surface area contributed by atoms with E-state index in [0.29, 0.717) is 34.1 Å². The fraction of sp³-hybridized carbons (Fsp3) is 0.259. The Morgan fingerprint density at radius 1 is 0.972 bits per heavy atom. The molecule has 0 aliphatic carbocycles. The number of hydrogen-bond acceptors (Lipinski definition) is 4. The molecule has 2 aliphatic heterocycles. The van der Waals surface area contributed by atoms with Gasteiger partial charge in [-0.25, -0.2) is 13.6 Å². The predicted molar refractivity (Wildman–Crippen MR) is 135 cm³/mol. The van der Waals surface area contributed by atoms with Gasteiger partial charge in [0.25, 0.3) is 0 Å². The zero-order chi connectivity index (χ0) is 25.4. The molecule has 3 aromatic carbocycles. The van der Waals surface area contributed by atoms with E-state index in [9.17, 15) is 13.6 Å². The number of halogens is 4. The molecule has 3 aromatic rings. The van der Waals surface area contributed by atoms with E-state index in [1.165, 1.54) is 6.07 Å². The Labute approximate surface area is 216 Å². The molecule has 0 saturated carbocycles. The standard InChI is InChI=1S/C27H22Cl2F2N2O3/c28-20-11-16(12-21(29)25(20)19-5-6-22(30)23(31)13-19)15-33-9-7-27(8-10-33)14-24(32-36-27)17-1-3-18(4-2-17)26(34)35/h1-6,11-13H,7-10,14-15H2,(H,34,35). The first kappa shape index (κ1) is 24.7. The highest BCUT2D eigenvalue weighted by Gasteiger charge is 2.42. The highest BCUT2D eigenvalue weighted by Crippen LogP contribution is 2.39. The van der Waals surface area contributed by atoms with Crippen molar-refractivity contribution in [3.8, 4) is 11.1 Å². The Morgan fingerprint density at radius 3 is 2.22 bits per heavy atom. The molecular weight excluding hydrogens is 509 g/mol. The SMILES string of the molecule is O=C(O)c1ccc(C2=NOC3(CCN(Cc4cc(Cl)c(-c5ccc(F)c(F)c5)c(Cl)c4)CC3)C2)cc1. The lowest BCUT2D eigenvalue weighted by Gasteiger charge is -2.37. The number of oxime groups is 1. The van der Waals surface area contributed by atoms with Crippen molar-refractivity contribution in [1.82, 2.24) is 4.90 Å². The van der Waals surface area contributed by atoms with Crippen molar-refractivity contribution >= 4 is 34.9 Å². The molecule has 0 aromatic heterocycles. The predicted octanol–water partition coefficient (Wildman–Crippen LogP) is 6.80. The first-order chi connectivity index (χ1) is 17.2. The van der Waals surface area contributed by atoms with Crippen molar-refractivity contribution in [3.63, 3.8) is 0 Å². The smallest absolute Gasteiger partial charge is 0.335 e. The average molecular weight is 531 g/mol. The van der Waals surface area contributed by atoms with E-state index in [1.54, 1.807) is 24.3 Å². The largest absolute Gasteiger partial charge is 0.478 e. The molecule has 186 valence electrons. The average Bonchev–Trinajstić information content (AvgIpc) is 3.26. The van der Waals surface area contributed by atoms with Crippen molar-refractivity contribution < 1.29 is 23.5 Å². The Balaban J connectivity index is 1.21. The van der Waals surface area contributed by atoms with Gasteiger partial charge in [-0.1, -0.05) is 46.6 Å². The summed E-state index contributed by atoms with van der Waals surface area (Å²) in [6.45, 7) is 2.22. The Hall–Kier alpha value is -3.00. The molecule has 0 amide bonds.